The van der Waals surface area contributed by atoms with E-state index in [0.29, 0.717) is 18.7 Å². The molecule has 1 amide bonds. The largest absolute Gasteiger partial charge is 0.382 e. The second-order valence-corrected chi connectivity index (χ2v) is 6.35. The van der Waals surface area contributed by atoms with Gasteiger partial charge in [0.25, 0.3) is 0 Å². The lowest BCUT2D eigenvalue weighted by Crippen LogP contribution is -2.44. The van der Waals surface area contributed by atoms with Gasteiger partial charge >= 0.3 is 0 Å². The van der Waals surface area contributed by atoms with Crippen LogP contribution in [0, 0.1) is 17.1 Å². The van der Waals surface area contributed by atoms with Crippen molar-refractivity contribution in [1.82, 2.24) is 4.90 Å². The van der Waals surface area contributed by atoms with Crippen molar-refractivity contribution in [1.29, 1.82) is 5.26 Å². The van der Waals surface area contributed by atoms with Crippen LogP contribution in [0.2, 0.25) is 0 Å². The van der Waals surface area contributed by atoms with Gasteiger partial charge in [0.2, 0.25) is 5.91 Å². The first kappa shape index (κ1) is 17.7. The maximum absolute atomic E-state index is 12.9. The maximum Gasteiger partial charge on any atom is 0.241 e. The summed E-state index contributed by atoms with van der Waals surface area (Å²) in [6, 6.07) is 15.7. The van der Waals surface area contributed by atoms with Crippen LogP contribution in [-0.2, 0) is 4.79 Å². The van der Waals surface area contributed by atoms with Gasteiger partial charge in [-0.25, -0.2) is 4.39 Å². The molecule has 2 aromatic rings. The molecule has 1 aliphatic rings. The highest BCUT2D eigenvalue weighted by atomic mass is 19.1. The Balaban J connectivity index is 1.42. The van der Waals surface area contributed by atoms with Crippen LogP contribution in [-0.4, -0.2) is 36.5 Å². The summed E-state index contributed by atoms with van der Waals surface area (Å²) in [6.07, 6.45) is 1.72. The second kappa shape index (κ2) is 8.34. The summed E-state index contributed by atoms with van der Waals surface area (Å²) in [6.45, 7) is 1.64. The predicted molar refractivity (Wildman–Crippen MR) is 99.3 cm³/mol. The lowest BCUT2D eigenvalue weighted by molar-refractivity contribution is -0.130. The van der Waals surface area contributed by atoms with E-state index in [9.17, 15) is 9.18 Å². The number of hydrogen-bond acceptors (Lipinski definition) is 4. The summed E-state index contributed by atoms with van der Waals surface area (Å²) in [7, 11) is 0. The van der Waals surface area contributed by atoms with E-state index in [4.69, 9.17) is 5.26 Å². The number of carbonyl (C=O) groups is 1. The van der Waals surface area contributed by atoms with Gasteiger partial charge in [-0.15, -0.1) is 0 Å². The Morgan fingerprint density at radius 1 is 1.08 bits per heavy atom. The summed E-state index contributed by atoms with van der Waals surface area (Å²) < 4.78 is 12.9. The van der Waals surface area contributed by atoms with E-state index in [-0.39, 0.29) is 24.3 Å². The molecule has 0 spiro atoms. The van der Waals surface area contributed by atoms with Crippen molar-refractivity contribution in [3.8, 4) is 6.07 Å². The Hall–Kier alpha value is -3.07. The fourth-order valence-electron chi connectivity index (χ4n) is 3.01. The first-order valence-corrected chi connectivity index (χ1v) is 8.68. The maximum atomic E-state index is 12.9. The lowest BCUT2D eigenvalue weighted by atomic mass is 10.0. The number of carbonyl (C=O) groups excluding carboxylic acids is 1. The summed E-state index contributed by atoms with van der Waals surface area (Å²) in [5.41, 5.74) is 2.32. The average molecular weight is 352 g/mol. The zero-order valence-electron chi connectivity index (χ0n) is 14.4. The molecular formula is C20H21FN4O. The fourth-order valence-corrected chi connectivity index (χ4v) is 3.01. The quantitative estimate of drug-likeness (QED) is 0.867. The molecule has 6 heteroatoms. The molecule has 0 atom stereocenters. The third-order valence-corrected chi connectivity index (χ3v) is 4.52. The Kier molecular flexibility index (Phi) is 5.69. The summed E-state index contributed by atoms with van der Waals surface area (Å²) in [5, 5.41) is 15.3. The number of nitrogens with one attached hydrogen (secondary N) is 2. The number of halogens is 1. The lowest BCUT2D eigenvalue weighted by Gasteiger charge is -2.33. The number of benzene rings is 2. The van der Waals surface area contributed by atoms with E-state index in [1.165, 1.54) is 12.1 Å². The van der Waals surface area contributed by atoms with Crippen LogP contribution in [0.1, 0.15) is 18.4 Å². The van der Waals surface area contributed by atoms with Gasteiger partial charge in [-0.3, -0.25) is 4.79 Å². The van der Waals surface area contributed by atoms with Gasteiger partial charge in [0.05, 0.1) is 18.2 Å². The number of amides is 1. The minimum atomic E-state index is -0.245. The first-order valence-electron chi connectivity index (χ1n) is 8.68. The zero-order valence-corrected chi connectivity index (χ0v) is 14.4. The van der Waals surface area contributed by atoms with Crippen LogP contribution in [0.5, 0.6) is 0 Å². The minimum absolute atomic E-state index is 0.0644. The molecule has 5 nitrogen and oxygen atoms in total. The SMILES string of the molecule is N#Cc1ccc(NCC(=O)N2CCC(Nc3ccc(F)cc3)CC2)cc1. The summed E-state index contributed by atoms with van der Waals surface area (Å²) in [4.78, 5) is 14.2. The number of nitriles is 1. The van der Waals surface area contributed by atoms with Crippen molar-refractivity contribution in [3.05, 3.63) is 59.9 Å². The van der Waals surface area contributed by atoms with Crippen molar-refractivity contribution < 1.29 is 9.18 Å². The van der Waals surface area contributed by atoms with Crippen molar-refractivity contribution in [3.63, 3.8) is 0 Å². The van der Waals surface area contributed by atoms with Gasteiger partial charge < -0.3 is 15.5 Å². The Bertz CT molecular complexity index is 775. The van der Waals surface area contributed by atoms with Crippen molar-refractivity contribution >= 4 is 17.3 Å². The second-order valence-electron chi connectivity index (χ2n) is 6.35. The molecule has 26 heavy (non-hydrogen) atoms. The Morgan fingerprint density at radius 2 is 1.69 bits per heavy atom. The predicted octanol–water partition coefficient (Wildman–Crippen LogP) is 3.21. The van der Waals surface area contributed by atoms with Crippen molar-refractivity contribution in [2.75, 3.05) is 30.3 Å². The molecule has 2 aromatic carbocycles. The molecular weight excluding hydrogens is 331 g/mol. The smallest absolute Gasteiger partial charge is 0.241 e. The number of rotatable bonds is 5. The van der Waals surface area contributed by atoms with Crippen molar-refractivity contribution in [2.24, 2.45) is 0 Å². The van der Waals surface area contributed by atoms with Crippen LogP contribution in [0.4, 0.5) is 15.8 Å². The first-order chi connectivity index (χ1) is 12.6. The van der Waals surface area contributed by atoms with E-state index in [2.05, 4.69) is 16.7 Å². The molecule has 3 rings (SSSR count). The number of anilines is 2. The number of nitrogens with zero attached hydrogens (tertiary/aromatic N) is 2. The van der Waals surface area contributed by atoms with E-state index < -0.39 is 0 Å². The van der Waals surface area contributed by atoms with E-state index in [1.54, 1.807) is 36.4 Å². The zero-order chi connectivity index (χ0) is 18.4. The van der Waals surface area contributed by atoms with Gasteiger partial charge in [-0.1, -0.05) is 0 Å². The number of likely N-dealkylation sites (tertiary alicyclic amines) is 1. The van der Waals surface area contributed by atoms with Gasteiger partial charge in [0.1, 0.15) is 5.82 Å². The monoisotopic (exact) mass is 352 g/mol. The third-order valence-electron chi connectivity index (χ3n) is 4.52. The van der Waals surface area contributed by atoms with Gasteiger partial charge in [0, 0.05) is 30.5 Å². The summed E-state index contributed by atoms with van der Waals surface area (Å²) in [5.74, 6) is -0.180. The molecule has 0 radical (unpaired) electrons. The fraction of sp³-hybridized carbons (Fsp3) is 0.300. The van der Waals surface area contributed by atoms with E-state index >= 15 is 0 Å². The number of piperidine rings is 1. The van der Waals surface area contributed by atoms with Crippen LogP contribution >= 0.6 is 0 Å². The molecule has 1 saturated heterocycles. The molecule has 1 aliphatic heterocycles. The highest BCUT2D eigenvalue weighted by Gasteiger charge is 2.22. The van der Waals surface area contributed by atoms with Crippen LogP contribution in [0.3, 0.4) is 0 Å². The third kappa shape index (κ3) is 4.73. The average Bonchev–Trinajstić information content (AvgIpc) is 2.69. The van der Waals surface area contributed by atoms with E-state index in [0.717, 1.165) is 24.2 Å². The van der Waals surface area contributed by atoms with E-state index in [1.807, 2.05) is 4.90 Å². The molecule has 2 N–H and O–H groups in total. The molecule has 0 aliphatic carbocycles. The highest BCUT2D eigenvalue weighted by Crippen LogP contribution is 2.17. The number of hydrogen-bond donors (Lipinski definition) is 2. The van der Waals surface area contributed by atoms with Crippen LogP contribution < -0.4 is 10.6 Å². The molecule has 0 saturated carbocycles. The molecule has 1 fully saturated rings. The standard InChI is InChI=1S/C20H21FN4O/c21-16-3-7-18(8-4-16)24-19-9-11-25(12-10-19)20(26)14-23-17-5-1-15(13-22)2-6-17/h1-8,19,23-24H,9-12,14H2. The normalized spacial score (nSPS) is 14.5. The van der Waals surface area contributed by atoms with Crippen LogP contribution in [0.15, 0.2) is 48.5 Å². The summed E-state index contributed by atoms with van der Waals surface area (Å²) >= 11 is 0. The molecule has 134 valence electrons. The van der Waals surface area contributed by atoms with Gasteiger partial charge in [-0.2, -0.15) is 5.26 Å². The van der Waals surface area contributed by atoms with Crippen molar-refractivity contribution in [2.45, 2.75) is 18.9 Å². The Labute approximate surface area is 152 Å². The molecule has 0 aromatic heterocycles. The van der Waals surface area contributed by atoms with Gasteiger partial charge in [0.15, 0.2) is 0 Å². The molecule has 0 unspecified atom stereocenters. The highest BCUT2D eigenvalue weighted by molar-refractivity contribution is 5.81. The Morgan fingerprint density at radius 3 is 2.31 bits per heavy atom. The van der Waals surface area contributed by atoms with Crippen LogP contribution in [0.25, 0.3) is 0 Å². The molecule has 0 bridgehead atoms. The van der Waals surface area contributed by atoms with Gasteiger partial charge in [-0.05, 0) is 61.4 Å². The topological polar surface area (TPSA) is 68.2 Å². The molecule has 1 heterocycles. The minimum Gasteiger partial charge on any atom is -0.382 e.